The number of halogens is 2. The molecule has 5 rings (SSSR count). The highest BCUT2D eigenvalue weighted by atomic mass is 35.5. The van der Waals surface area contributed by atoms with Crippen molar-refractivity contribution in [1.29, 1.82) is 0 Å². The third-order valence-corrected chi connectivity index (χ3v) is 8.66. The van der Waals surface area contributed by atoms with Crippen molar-refractivity contribution in [3.05, 3.63) is 129 Å². The number of amides is 2. The third kappa shape index (κ3) is 6.92. The second-order valence-electron chi connectivity index (χ2n) is 8.92. The molecule has 4 aromatic carbocycles. The molecular weight excluding hydrogens is 581 g/mol. The van der Waals surface area contributed by atoms with Gasteiger partial charge in [0.15, 0.2) is 5.13 Å². The Bertz CT molecular complexity index is 1670. The lowest BCUT2D eigenvalue weighted by atomic mass is 10.1. The molecule has 1 heterocycles. The summed E-state index contributed by atoms with van der Waals surface area (Å²) < 4.78 is 0. The van der Waals surface area contributed by atoms with E-state index in [4.69, 9.17) is 23.2 Å². The molecule has 9 heteroatoms. The van der Waals surface area contributed by atoms with E-state index in [1.807, 2.05) is 91.2 Å². The fourth-order valence-electron chi connectivity index (χ4n) is 3.96. The quantitative estimate of drug-likeness (QED) is 0.173. The Kier molecular flexibility index (Phi) is 8.87. The number of hydrogen-bond acceptors (Lipinski definition) is 5. The van der Waals surface area contributed by atoms with Crippen molar-refractivity contribution in [3.8, 4) is 11.3 Å². The van der Waals surface area contributed by atoms with Gasteiger partial charge in [-0.2, -0.15) is 0 Å². The van der Waals surface area contributed by atoms with Gasteiger partial charge in [-0.15, -0.1) is 23.1 Å². The van der Waals surface area contributed by atoms with Crippen LogP contribution in [0.25, 0.3) is 11.3 Å². The van der Waals surface area contributed by atoms with Crippen molar-refractivity contribution >= 4 is 68.9 Å². The summed E-state index contributed by atoms with van der Waals surface area (Å²) in [6.45, 7) is 1.95. The van der Waals surface area contributed by atoms with Crippen LogP contribution in [0.5, 0.6) is 0 Å². The standard InChI is InChI=1S/C31H23Cl2N3O2S2/c1-19-7-5-10-22(15-19)29(37)34-23-11-6-12-24(17-23)40-28(20-8-3-2-4-9-20)30(38)36-31-35-27(18-39-31)21-13-14-25(32)26(33)16-21/h2-18,28H,1H3,(H,34,37)(H,35,36,38). The Morgan fingerprint density at radius 1 is 0.850 bits per heavy atom. The van der Waals surface area contributed by atoms with E-state index in [1.165, 1.54) is 23.1 Å². The van der Waals surface area contributed by atoms with Gasteiger partial charge in [0.05, 0.1) is 15.7 Å². The summed E-state index contributed by atoms with van der Waals surface area (Å²) in [6, 6.07) is 29.8. The molecule has 0 aliphatic rings. The summed E-state index contributed by atoms with van der Waals surface area (Å²) in [6.07, 6.45) is 0. The van der Waals surface area contributed by atoms with Gasteiger partial charge in [0.25, 0.3) is 5.91 Å². The minimum absolute atomic E-state index is 0.190. The minimum atomic E-state index is -0.554. The van der Waals surface area contributed by atoms with E-state index in [0.717, 1.165) is 21.6 Å². The van der Waals surface area contributed by atoms with Crippen LogP contribution < -0.4 is 10.6 Å². The lowest BCUT2D eigenvalue weighted by molar-refractivity contribution is -0.115. The number of benzene rings is 4. The van der Waals surface area contributed by atoms with Crippen LogP contribution in [0, 0.1) is 6.92 Å². The number of nitrogens with zero attached hydrogens (tertiary/aromatic N) is 1. The average molecular weight is 605 g/mol. The van der Waals surface area contributed by atoms with Crippen LogP contribution in [-0.2, 0) is 4.79 Å². The van der Waals surface area contributed by atoms with E-state index in [1.54, 1.807) is 18.2 Å². The molecule has 2 amide bonds. The predicted molar refractivity (Wildman–Crippen MR) is 167 cm³/mol. The summed E-state index contributed by atoms with van der Waals surface area (Å²) in [5, 5.41) is 8.62. The maximum absolute atomic E-state index is 13.6. The van der Waals surface area contributed by atoms with Crippen LogP contribution in [0.3, 0.4) is 0 Å². The van der Waals surface area contributed by atoms with Gasteiger partial charge in [-0.05, 0) is 55.0 Å². The van der Waals surface area contributed by atoms with Crippen molar-refractivity contribution < 1.29 is 9.59 Å². The van der Waals surface area contributed by atoms with Crippen LogP contribution in [-0.4, -0.2) is 16.8 Å². The SMILES string of the molecule is Cc1cccc(C(=O)Nc2cccc(SC(C(=O)Nc3nc(-c4ccc(Cl)c(Cl)c4)cs3)c3ccccc3)c2)c1. The normalized spacial score (nSPS) is 11.6. The minimum Gasteiger partial charge on any atom is -0.322 e. The molecule has 1 aromatic heterocycles. The Morgan fingerprint density at radius 3 is 2.42 bits per heavy atom. The van der Waals surface area contributed by atoms with Gasteiger partial charge >= 0.3 is 0 Å². The van der Waals surface area contributed by atoms with E-state index in [2.05, 4.69) is 15.6 Å². The van der Waals surface area contributed by atoms with Crippen LogP contribution >= 0.6 is 46.3 Å². The zero-order valence-corrected chi connectivity index (χ0v) is 24.4. The summed E-state index contributed by atoms with van der Waals surface area (Å²) in [5.41, 5.74) is 4.60. The van der Waals surface area contributed by atoms with E-state index < -0.39 is 5.25 Å². The topological polar surface area (TPSA) is 71.1 Å². The first-order chi connectivity index (χ1) is 19.4. The number of hydrogen-bond donors (Lipinski definition) is 2. The predicted octanol–water partition coefficient (Wildman–Crippen LogP) is 9.15. The van der Waals surface area contributed by atoms with Gasteiger partial charge in [0.1, 0.15) is 5.25 Å². The number of nitrogens with one attached hydrogen (secondary N) is 2. The molecule has 40 heavy (non-hydrogen) atoms. The number of thioether (sulfide) groups is 1. The lowest BCUT2D eigenvalue weighted by Crippen LogP contribution is -2.19. The Hall–Kier alpha value is -3.62. The van der Waals surface area contributed by atoms with Gasteiger partial charge < -0.3 is 10.6 Å². The molecule has 0 saturated heterocycles. The van der Waals surface area contributed by atoms with Crippen LogP contribution in [0.1, 0.15) is 26.7 Å². The fraction of sp³-hybridized carbons (Fsp3) is 0.0645. The zero-order chi connectivity index (χ0) is 28.1. The molecule has 5 aromatic rings. The van der Waals surface area contributed by atoms with Gasteiger partial charge in [-0.1, -0.05) is 83.4 Å². The molecule has 200 valence electrons. The van der Waals surface area contributed by atoms with E-state index >= 15 is 0 Å². The lowest BCUT2D eigenvalue weighted by Gasteiger charge is -2.17. The molecule has 0 bridgehead atoms. The highest BCUT2D eigenvalue weighted by Gasteiger charge is 2.23. The number of thiazole rings is 1. The fourth-order valence-corrected chi connectivity index (χ4v) is 6.07. The first kappa shape index (κ1) is 27.9. The van der Waals surface area contributed by atoms with E-state index in [0.29, 0.717) is 32.1 Å². The summed E-state index contributed by atoms with van der Waals surface area (Å²) >= 11 is 14.9. The first-order valence-corrected chi connectivity index (χ1v) is 14.8. The molecule has 0 fully saturated rings. The molecule has 1 atom stereocenters. The number of rotatable bonds is 8. The molecule has 2 N–H and O–H groups in total. The van der Waals surface area contributed by atoms with E-state index in [9.17, 15) is 9.59 Å². The zero-order valence-electron chi connectivity index (χ0n) is 21.2. The van der Waals surface area contributed by atoms with Crippen molar-refractivity contribution in [2.24, 2.45) is 0 Å². The van der Waals surface area contributed by atoms with Crippen LogP contribution in [0.15, 0.2) is 107 Å². The van der Waals surface area contributed by atoms with Crippen LogP contribution in [0.4, 0.5) is 10.8 Å². The summed E-state index contributed by atoms with van der Waals surface area (Å²) in [5.74, 6) is -0.398. The molecule has 1 unspecified atom stereocenters. The molecule has 5 nitrogen and oxygen atoms in total. The molecule has 0 aliphatic carbocycles. The summed E-state index contributed by atoms with van der Waals surface area (Å²) in [7, 11) is 0. The van der Waals surface area contributed by atoms with Gasteiger partial charge in [0, 0.05) is 27.1 Å². The molecule has 0 saturated carbocycles. The smallest absolute Gasteiger partial charge is 0.255 e. The average Bonchev–Trinajstić information content (AvgIpc) is 3.42. The van der Waals surface area contributed by atoms with Gasteiger partial charge in [-0.3, -0.25) is 9.59 Å². The van der Waals surface area contributed by atoms with Crippen molar-refractivity contribution in [2.75, 3.05) is 10.6 Å². The van der Waals surface area contributed by atoms with Gasteiger partial charge in [0.2, 0.25) is 5.91 Å². The molecule has 0 aliphatic heterocycles. The molecular formula is C31H23Cl2N3O2S2. The second kappa shape index (κ2) is 12.7. The molecule has 0 spiro atoms. The highest BCUT2D eigenvalue weighted by molar-refractivity contribution is 8.00. The highest BCUT2D eigenvalue weighted by Crippen LogP contribution is 2.38. The summed E-state index contributed by atoms with van der Waals surface area (Å²) in [4.78, 5) is 31.8. The number of aryl methyl sites for hydroxylation is 1. The number of anilines is 2. The van der Waals surface area contributed by atoms with Crippen molar-refractivity contribution in [2.45, 2.75) is 17.1 Å². The third-order valence-electron chi connectivity index (χ3n) is 5.92. The Balaban J connectivity index is 1.34. The number of carbonyl (C=O) groups excluding carboxylic acids is 2. The molecule has 0 radical (unpaired) electrons. The largest absolute Gasteiger partial charge is 0.322 e. The Labute approximate surface area is 250 Å². The van der Waals surface area contributed by atoms with Crippen molar-refractivity contribution in [1.82, 2.24) is 4.98 Å². The maximum atomic E-state index is 13.6. The van der Waals surface area contributed by atoms with Crippen LogP contribution in [0.2, 0.25) is 10.0 Å². The Morgan fingerprint density at radius 2 is 1.65 bits per heavy atom. The number of aromatic nitrogens is 1. The first-order valence-electron chi connectivity index (χ1n) is 12.3. The number of carbonyl (C=O) groups is 2. The maximum Gasteiger partial charge on any atom is 0.255 e. The van der Waals surface area contributed by atoms with Crippen molar-refractivity contribution in [3.63, 3.8) is 0 Å². The monoisotopic (exact) mass is 603 g/mol. The van der Waals surface area contributed by atoms with Gasteiger partial charge in [-0.25, -0.2) is 4.98 Å². The second-order valence-corrected chi connectivity index (χ2v) is 11.8. The van der Waals surface area contributed by atoms with E-state index in [-0.39, 0.29) is 11.8 Å².